The predicted molar refractivity (Wildman–Crippen MR) is 86.0 cm³/mol. The molecule has 1 N–H and O–H groups in total. The summed E-state index contributed by atoms with van der Waals surface area (Å²) in [6.45, 7) is 7.05. The zero-order chi connectivity index (χ0) is 14.1. The highest BCUT2D eigenvalue weighted by Crippen LogP contribution is 2.41. The normalized spacial score (nSPS) is 36.9. The molecule has 0 saturated heterocycles. The summed E-state index contributed by atoms with van der Waals surface area (Å²) in [4.78, 5) is 0. The first kappa shape index (κ1) is 14.1. The largest absolute Gasteiger partial charge is 0.311 e. The third kappa shape index (κ3) is 2.65. The third-order valence-electron chi connectivity index (χ3n) is 5.97. The number of benzene rings is 1. The van der Waals surface area contributed by atoms with Crippen LogP contribution in [0.4, 0.5) is 0 Å². The van der Waals surface area contributed by atoms with Gasteiger partial charge in [-0.25, -0.2) is 0 Å². The lowest BCUT2D eigenvalue weighted by molar-refractivity contribution is 0.235. The van der Waals surface area contributed by atoms with Crippen LogP contribution >= 0.6 is 0 Å². The molecule has 0 aromatic heterocycles. The van der Waals surface area contributed by atoms with E-state index in [-0.39, 0.29) is 0 Å². The Morgan fingerprint density at radius 2 is 1.90 bits per heavy atom. The van der Waals surface area contributed by atoms with E-state index in [1.54, 1.807) is 5.56 Å². The average molecular weight is 271 g/mol. The van der Waals surface area contributed by atoms with E-state index in [9.17, 15) is 0 Å². The topological polar surface area (TPSA) is 12.0 Å². The van der Waals surface area contributed by atoms with Gasteiger partial charge < -0.3 is 5.32 Å². The first-order valence-electron chi connectivity index (χ1n) is 8.50. The molecule has 0 spiro atoms. The average Bonchev–Trinajstić information content (AvgIpc) is 2.75. The summed E-state index contributed by atoms with van der Waals surface area (Å²) >= 11 is 0. The zero-order valence-corrected chi connectivity index (χ0v) is 13.2. The number of aryl methyl sites for hydroxylation is 1. The molecule has 1 heteroatoms. The minimum Gasteiger partial charge on any atom is -0.311 e. The van der Waals surface area contributed by atoms with Gasteiger partial charge in [-0.1, -0.05) is 44.5 Å². The van der Waals surface area contributed by atoms with Crippen LogP contribution in [-0.2, 0) is 0 Å². The molecule has 2 saturated carbocycles. The van der Waals surface area contributed by atoms with E-state index >= 15 is 0 Å². The molecule has 3 unspecified atom stereocenters. The summed E-state index contributed by atoms with van der Waals surface area (Å²) in [6, 6.07) is 10.5. The van der Waals surface area contributed by atoms with Gasteiger partial charge in [0.05, 0.1) is 0 Å². The van der Waals surface area contributed by atoms with Crippen molar-refractivity contribution in [3.63, 3.8) is 0 Å². The van der Waals surface area contributed by atoms with Crippen LogP contribution in [0.1, 0.15) is 63.0 Å². The van der Waals surface area contributed by atoms with Crippen molar-refractivity contribution in [2.45, 2.75) is 70.9 Å². The minimum atomic E-state index is 0.766. The van der Waals surface area contributed by atoms with Gasteiger partial charge in [0, 0.05) is 12.1 Å². The lowest BCUT2D eigenvalue weighted by atomic mass is 9.74. The fraction of sp³-hybridized carbons (Fsp3) is 0.684. The Labute approximate surface area is 124 Å². The van der Waals surface area contributed by atoms with Crippen molar-refractivity contribution in [3.05, 3.63) is 35.4 Å². The molecule has 20 heavy (non-hydrogen) atoms. The van der Waals surface area contributed by atoms with Crippen LogP contribution in [0, 0.1) is 18.8 Å². The van der Waals surface area contributed by atoms with Gasteiger partial charge in [-0.15, -0.1) is 0 Å². The van der Waals surface area contributed by atoms with Crippen LogP contribution in [0.3, 0.4) is 0 Å². The molecule has 2 aliphatic carbocycles. The van der Waals surface area contributed by atoms with Crippen molar-refractivity contribution >= 4 is 0 Å². The number of nitrogens with one attached hydrogen (secondary N) is 1. The van der Waals surface area contributed by atoms with E-state index in [0.29, 0.717) is 0 Å². The quantitative estimate of drug-likeness (QED) is 0.840. The van der Waals surface area contributed by atoms with Gasteiger partial charge in [0.25, 0.3) is 0 Å². The highest BCUT2D eigenvalue weighted by atomic mass is 15.0. The van der Waals surface area contributed by atoms with Crippen molar-refractivity contribution in [3.8, 4) is 0 Å². The summed E-state index contributed by atoms with van der Waals surface area (Å²) in [7, 11) is 0. The standard InChI is InChI=1S/C19H29N/c1-4-15-9-10-19(14(15)3)20-17-11-16(12-17)18-8-6-5-7-13(18)2/h5-8,14-17,19-20H,4,9-12H2,1-3H3. The smallest absolute Gasteiger partial charge is 0.00980 e. The maximum Gasteiger partial charge on any atom is 0.00980 e. The molecule has 0 amide bonds. The molecular weight excluding hydrogens is 242 g/mol. The Balaban J connectivity index is 1.51. The van der Waals surface area contributed by atoms with Crippen molar-refractivity contribution in [2.75, 3.05) is 0 Å². The molecule has 1 nitrogen and oxygen atoms in total. The van der Waals surface area contributed by atoms with Crippen LogP contribution in [0.15, 0.2) is 24.3 Å². The molecule has 0 bridgehead atoms. The summed E-state index contributed by atoms with van der Waals surface area (Å²) in [5, 5.41) is 3.95. The van der Waals surface area contributed by atoms with E-state index in [2.05, 4.69) is 50.4 Å². The molecule has 0 aliphatic heterocycles. The van der Waals surface area contributed by atoms with Crippen LogP contribution in [0.25, 0.3) is 0 Å². The highest BCUT2D eigenvalue weighted by molar-refractivity contribution is 5.31. The molecule has 3 rings (SSSR count). The lowest BCUT2D eigenvalue weighted by Gasteiger charge is -2.40. The van der Waals surface area contributed by atoms with E-state index in [4.69, 9.17) is 0 Å². The molecule has 1 aromatic rings. The molecule has 0 heterocycles. The van der Waals surface area contributed by atoms with Gasteiger partial charge in [0.1, 0.15) is 0 Å². The highest BCUT2D eigenvalue weighted by Gasteiger charge is 2.37. The molecule has 1 aromatic carbocycles. The number of rotatable bonds is 4. The SMILES string of the molecule is CCC1CCC(NC2CC(c3ccccc3C)C2)C1C. The fourth-order valence-electron chi connectivity index (χ4n) is 4.41. The summed E-state index contributed by atoms with van der Waals surface area (Å²) < 4.78 is 0. The van der Waals surface area contributed by atoms with Gasteiger partial charge in [-0.3, -0.25) is 0 Å². The first-order valence-corrected chi connectivity index (χ1v) is 8.50. The molecule has 2 fully saturated rings. The number of hydrogen-bond donors (Lipinski definition) is 1. The van der Waals surface area contributed by atoms with E-state index in [1.165, 1.54) is 37.7 Å². The van der Waals surface area contributed by atoms with Crippen molar-refractivity contribution in [2.24, 2.45) is 11.8 Å². The monoisotopic (exact) mass is 271 g/mol. The Hall–Kier alpha value is -0.820. The zero-order valence-electron chi connectivity index (χ0n) is 13.2. The summed E-state index contributed by atoms with van der Waals surface area (Å²) in [5.41, 5.74) is 3.05. The van der Waals surface area contributed by atoms with E-state index < -0.39 is 0 Å². The van der Waals surface area contributed by atoms with E-state index in [0.717, 1.165) is 29.8 Å². The molecule has 110 valence electrons. The Bertz CT molecular complexity index is 447. The summed E-state index contributed by atoms with van der Waals surface area (Å²) in [6.07, 6.45) is 6.86. The van der Waals surface area contributed by atoms with Crippen LogP contribution in [-0.4, -0.2) is 12.1 Å². The van der Waals surface area contributed by atoms with Gasteiger partial charge in [0.15, 0.2) is 0 Å². The Morgan fingerprint density at radius 1 is 1.15 bits per heavy atom. The van der Waals surface area contributed by atoms with Crippen LogP contribution in [0.5, 0.6) is 0 Å². The number of hydrogen-bond acceptors (Lipinski definition) is 1. The predicted octanol–water partition coefficient (Wildman–Crippen LogP) is 4.66. The Kier molecular flexibility index (Phi) is 4.16. The van der Waals surface area contributed by atoms with Crippen LogP contribution < -0.4 is 5.32 Å². The van der Waals surface area contributed by atoms with Gasteiger partial charge in [0.2, 0.25) is 0 Å². The summed E-state index contributed by atoms with van der Waals surface area (Å²) in [5.74, 6) is 2.63. The fourth-order valence-corrected chi connectivity index (χ4v) is 4.41. The Morgan fingerprint density at radius 3 is 2.55 bits per heavy atom. The second-order valence-electron chi connectivity index (χ2n) is 7.10. The lowest BCUT2D eigenvalue weighted by Crippen LogP contribution is -2.47. The van der Waals surface area contributed by atoms with Gasteiger partial charge >= 0.3 is 0 Å². The van der Waals surface area contributed by atoms with Crippen molar-refractivity contribution in [1.82, 2.24) is 5.32 Å². The van der Waals surface area contributed by atoms with Gasteiger partial charge in [-0.2, -0.15) is 0 Å². The molecular formula is C19H29N. The van der Waals surface area contributed by atoms with E-state index in [1.807, 2.05) is 0 Å². The first-order chi connectivity index (χ1) is 9.69. The second kappa shape index (κ2) is 5.89. The molecule has 3 atom stereocenters. The molecule has 0 radical (unpaired) electrons. The minimum absolute atomic E-state index is 0.766. The molecule has 2 aliphatic rings. The third-order valence-corrected chi connectivity index (χ3v) is 5.97. The van der Waals surface area contributed by atoms with Crippen molar-refractivity contribution < 1.29 is 0 Å². The van der Waals surface area contributed by atoms with Crippen LogP contribution in [0.2, 0.25) is 0 Å². The second-order valence-corrected chi connectivity index (χ2v) is 7.10. The van der Waals surface area contributed by atoms with Crippen molar-refractivity contribution in [1.29, 1.82) is 0 Å². The maximum atomic E-state index is 3.95. The van der Waals surface area contributed by atoms with Gasteiger partial charge in [-0.05, 0) is 61.5 Å². The maximum absolute atomic E-state index is 3.95.